The van der Waals surface area contributed by atoms with Gasteiger partial charge in [0, 0.05) is 43.3 Å². The van der Waals surface area contributed by atoms with Crippen LogP contribution in [-0.2, 0) is 4.79 Å². The second-order valence-corrected chi connectivity index (χ2v) is 5.78. The van der Waals surface area contributed by atoms with E-state index in [1.807, 2.05) is 12.1 Å². The maximum Gasteiger partial charge on any atom is 0.276 e. The molecule has 1 fully saturated rings. The lowest BCUT2D eigenvalue weighted by Gasteiger charge is -2.33. The van der Waals surface area contributed by atoms with E-state index >= 15 is 0 Å². The number of carbonyl (C=O) groups is 2. The zero-order valence-electron chi connectivity index (χ0n) is 13.8. The van der Waals surface area contributed by atoms with Gasteiger partial charge < -0.3 is 9.42 Å². The van der Waals surface area contributed by atoms with Crippen LogP contribution in [0.15, 0.2) is 59.5 Å². The highest BCUT2D eigenvalue weighted by Crippen LogP contribution is 2.21. The van der Waals surface area contributed by atoms with Crippen LogP contribution in [0.25, 0.3) is 11.3 Å². The first-order valence-electron chi connectivity index (χ1n) is 8.10. The molecule has 2 amide bonds. The number of rotatable bonds is 3. The lowest BCUT2D eigenvalue weighted by Crippen LogP contribution is -2.52. The summed E-state index contributed by atoms with van der Waals surface area (Å²) in [7, 11) is 0. The Kier molecular flexibility index (Phi) is 4.14. The van der Waals surface area contributed by atoms with Crippen molar-refractivity contribution < 1.29 is 14.1 Å². The van der Waals surface area contributed by atoms with Crippen LogP contribution < -0.4 is 4.90 Å². The summed E-state index contributed by atoms with van der Waals surface area (Å²) in [6, 6.07) is 10.5. The Morgan fingerprint density at radius 1 is 1.12 bits per heavy atom. The number of amides is 2. The third-order valence-corrected chi connectivity index (χ3v) is 4.11. The molecule has 0 unspecified atom stereocenters. The smallest absolute Gasteiger partial charge is 0.276 e. The molecule has 0 bridgehead atoms. The van der Waals surface area contributed by atoms with Crippen molar-refractivity contribution in [1.29, 1.82) is 0 Å². The number of aromatic nitrogens is 3. The minimum absolute atomic E-state index is 0.0233. The number of piperazine rings is 1. The molecule has 1 saturated heterocycles. The number of anilines is 1. The van der Waals surface area contributed by atoms with E-state index < -0.39 is 0 Å². The largest absolute Gasteiger partial charge is 0.355 e. The zero-order chi connectivity index (χ0) is 17.9. The Hall–Kier alpha value is -3.55. The average Bonchev–Trinajstić information content (AvgIpc) is 3.19. The Bertz CT molecular complexity index is 926. The van der Waals surface area contributed by atoms with Gasteiger partial charge in [-0.15, -0.1) is 0 Å². The van der Waals surface area contributed by atoms with E-state index in [0.29, 0.717) is 24.7 Å². The van der Waals surface area contributed by atoms with Crippen molar-refractivity contribution in [3.8, 4) is 11.3 Å². The molecule has 4 rings (SSSR count). The summed E-state index contributed by atoms with van der Waals surface area (Å²) in [5, 5.41) is 3.84. The van der Waals surface area contributed by atoms with Crippen LogP contribution in [-0.4, -0.2) is 51.5 Å². The first-order valence-corrected chi connectivity index (χ1v) is 8.10. The van der Waals surface area contributed by atoms with Gasteiger partial charge in [-0.05, 0) is 24.3 Å². The molecule has 0 N–H and O–H groups in total. The zero-order valence-corrected chi connectivity index (χ0v) is 13.8. The highest BCUT2D eigenvalue weighted by Gasteiger charge is 2.30. The quantitative estimate of drug-likeness (QED) is 0.713. The van der Waals surface area contributed by atoms with Crippen LogP contribution in [0.4, 0.5) is 5.82 Å². The number of hydrogen-bond acceptors (Lipinski definition) is 6. The van der Waals surface area contributed by atoms with Crippen molar-refractivity contribution >= 4 is 17.6 Å². The normalized spacial score (nSPS) is 14.5. The van der Waals surface area contributed by atoms with Gasteiger partial charge in [-0.25, -0.2) is 4.98 Å². The van der Waals surface area contributed by atoms with E-state index in [1.165, 1.54) is 4.90 Å². The standard InChI is InChI=1S/C18H15N5O3/c24-17-12-22(8-9-23(17)16-5-1-2-7-20-16)18(25)14-10-15(26-21-14)13-4-3-6-19-11-13/h1-7,10-11H,8-9,12H2. The Balaban J connectivity index is 1.47. The fourth-order valence-electron chi connectivity index (χ4n) is 2.78. The topological polar surface area (TPSA) is 92.4 Å². The van der Waals surface area contributed by atoms with E-state index in [2.05, 4.69) is 15.1 Å². The van der Waals surface area contributed by atoms with E-state index in [0.717, 1.165) is 5.56 Å². The van der Waals surface area contributed by atoms with Gasteiger partial charge in [0.15, 0.2) is 11.5 Å². The monoisotopic (exact) mass is 349 g/mol. The predicted octanol–water partition coefficient (Wildman–Crippen LogP) is 1.62. The summed E-state index contributed by atoms with van der Waals surface area (Å²) in [4.78, 5) is 36.3. The van der Waals surface area contributed by atoms with E-state index in [9.17, 15) is 9.59 Å². The lowest BCUT2D eigenvalue weighted by atomic mass is 10.2. The van der Waals surface area contributed by atoms with Gasteiger partial charge in [-0.1, -0.05) is 11.2 Å². The molecular weight excluding hydrogens is 334 g/mol. The first kappa shape index (κ1) is 15.9. The van der Waals surface area contributed by atoms with Crippen molar-refractivity contribution in [1.82, 2.24) is 20.0 Å². The third kappa shape index (κ3) is 3.04. The molecule has 0 spiro atoms. The van der Waals surface area contributed by atoms with Crippen LogP contribution in [0.2, 0.25) is 0 Å². The second-order valence-electron chi connectivity index (χ2n) is 5.78. The summed E-state index contributed by atoms with van der Waals surface area (Å²) in [6.45, 7) is 0.760. The highest BCUT2D eigenvalue weighted by atomic mass is 16.5. The molecule has 3 aromatic heterocycles. The van der Waals surface area contributed by atoms with E-state index in [-0.39, 0.29) is 24.1 Å². The van der Waals surface area contributed by atoms with Gasteiger partial charge >= 0.3 is 0 Å². The maximum atomic E-state index is 12.6. The fourth-order valence-corrected chi connectivity index (χ4v) is 2.78. The molecule has 4 heterocycles. The maximum absolute atomic E-state index is 12.6. The summed E-state index contributed by atoms with van der Waals surface area (Å²) >= 11 is 0. The van der Waals surface area contributed by atoms with Crippen LogP contribution >= 0.6 is 0 Å². The first-order chi connectivity index (χ1) is 12.7. The summed E-state index contributed by atoms with van der Waals surface area (Å²) < 4.78 is 5.24. The molecule has 0 aliphatic carbocycles. The molecular formula is C18H15N5O3. The van der Waals surface area contributed by atoms with Gasteiger partial charge in [0.25, 0.3) is 5.91 Å². The number of carbonyl (C=O) groups excluding carboxylic acids is 2. The van der Waals surface area contributed by atoms with Gasteiger partial charge in [-0.2, -0.15) is 0 Å². The fraction of sp³-hybridized carbons (Fsp3) is 0.167. The molecule has 1 aliphatic heterocycles. The Morgan fingerprint density at radius 3 is 2.77 bits per heavy atom. The molecule has 130 valence electrons. The van der Waals surface area contributed by atoms with Crippen molar-refractivity contribution in [3.05, 3.63) is 60.7 Å². The summed E-state index contributed by atoms with van der Waals surface area (Å²) in [5.41, 5.74) is 0.901. The average molecular weight is 349 g/mol. The molecule has 0 atom stereocenters. The van der Waals surface area contributed by atoms with Gasteiger partial charge in [-0.3, -0.25) is 19.5 Å². The van der Waals surface area contributed by atoms with E-state index in [4.69, 9.17) is 4.52 Å². The highest BCUT2D eigenvalue weighted by molar-refractivity contribution is 6.00. The molecule has 0 saturated carbocycles. The van der Waals surface area contributed by atoms with Crippen molar-refractivity contribution in [2.45, 2.75) is 0 Å². The van der Waals surface area contributed by atoms with Gasteiger partial charge in [0.2, 0.25) is 5.91 Å². The summed E-state index contributed by atoms with van der Waals surface area (Å²) in [6.07, 6.45) is 4.91. The minimum Gasteiger partial charge on any atom is -0.355 e. The van der Waals surface area contributed by atoms with Gasteiger partial charge in [0.1, 0.15) is 12.4 Å². The van der Waals surface area contributed by atoms with Gasteiger partial charge in [0.05, 0.1) is 0 Å². The minimum atomic E-state index is -0.335. The van der Waals surface area contributed by atoms with Crippen molar-refractivity contribution in [2.24, 2.45) is 0 Å². The predicted molar refractivity (Wildman–Crippen MR) is 92.2 cm³/mol. The van der Waals surface area contributed by atoms with Crippen molar-refractivity contribution in [3.63, 3.8) is 0 Å². The summed E-state index contributed by atoms with van der Waals surface area (Å²) in [5.74, 6) is 0.530. The molecule has 1 aliphatic rings. The molecule has 8 heteroatoms. The number of nitrogens with zero attached hydrogens (tertiary/aromatic N) is 5. The van der Waals surface area contributed by atoms with Crippen LogP contribution in [0.5, 0.6) is 0 Å². The van der Waals surface area contributed by atoms with Crippen LogP contribution in [0.3, 0.4) is 0 Å². The Morgan fingerprint density at radius 2 is 2.04 bits per heavy atom. The molecule has 8 nitrogen and oxygen atoms in total. The molecule has 0 aromatic carbocycles. The lowest BCUT2D eigenvalue weighted by molar-refractivity contribution is -0.120. The van der Waals surface area contributed by atoms with Crippen LogP contribution in [0, 0.1) is 0 Å². The van der Waals surface area contributed by atoms with Crippen molar-refractivity contribution in [2.75, 3.05) is 24.5 Å². The molecule has 26 heavy (non-hydrogen) atoms. The third-order valence-electron chi connectivity index (χ3n) is 4.11. The van der Waals surface area contributed by atoms with E-state index in [1.54, 1.807) is 47.8 Å². The van der Waals surface area contributed by atoms with Crippen LogP contribution in [0.1, 0.15) is 10.5 Å². The molecule has 0 radical (unpaired) electrons. The molecule has 3 aromatic rings. The number of pyridine rings is 2. The SMILES string of the molecule is O=C(c1cc(-c2cccnc2)on1)N1CCN(c2ccccn2)C(=O)C1. The Labute approximate surface area is 149 Å². The second kappa shape index (κ2) is 6.75. The number of hydrogen-bond donors (Lipinski definition) is 0.